The Labute approximate surface area is 272 Å². The predicted octanol–water partition coefficient (Wildman–Crippen LogP) is 8.66. The van der Waals surface area contributed by atoms with Gasteiger partial charge in [-0.1, -0.05) is 136 Å². The number of nitrogens with one attached hydrogen (secondary N) is 1. The van der Waals surface area contributed by atoms with Crippen LogP contribution in [0.4, 0.5) is 0 Å². The van der Waals surface area contributed by atoms with Crippen molar-refractivity contribution in [3.63, 3.8) is 0 Å². The second-order valence-electron chi connectivity index (χ2n) is 13.2. The Morgan fingerprint density at radius 1 is 0.778 bits per heavy atom. The molecule has 0 bridgehead atoms. The van der Waals surface area contributed by atoms with Crippen molar-refractivity contribution < 1.29 is 14.3 Å². The van der Waals surface area contributed by atoms with Crippen molar-refractivity contribution in [3.05, 3.63) is 144 Å². The largest absolute Gasteiger partial charge is 0.460 e. The van der Waals surface area contributed by atoms with E-state index in [2.05, 4.69) is 98.9 Å². The third-order valence-corrected chi connectivity index (χ3v) is 11.6. The molecular formula is C40H43NO3S. The number of hydrogen-bond acceptors (Lipinski definition) is 4. The van der Waals surface area contributed by atoms with Crippen molar-refractivity contribution in [3.8, 4) is 0 Å². The average molecular weight is 618 g/mol. The number of rotatable bonds is 10. The van der Waals surface area contributed by atoms with E-state index in [1.165, 1.54) is 0 Å². The van der Waals surface area contributed by atoms with Crippen LogP contribution in [0.1, 0.15) is 73.5 Å². The Morgan fingerprint density at radius 3 is 1.76 bits per heavy atom. The van der Waals surface area contributed by atoms with E-state index in [1.807, 2.05) is 36.4 Å². The zero-order valence-corrected chi connectivity index (χ0v) is 27.2. The van der Waals surface area contributed by atoms with Gasteiger partial charge in [-0.2, -0.15) is 0 Å². The minimum absolute atomic E-state index is 0.153. The Kier molecular flexibility index (Phi) is 9.18. The maximum Gasteiger partial charge on any atom is 0.333 e. The quantitative estimate of drug-likeness (QED) is 0.143. The lowest BCUT2D eigenvalue weighted by atomic mass is 9.75. The van der Waals surface area contributed by atoms with Crippen molar-refractivity contribution in [2.75, 3.05) is 0 Å². The topological polar surface area (TPSA) is 55.4 Å². The maximum atomic E-state index is 14.5. The van der Waals surface area contributed by atoms with Gasteiger partial charge in [0.1, 0.15) is 6.10 Å². The molecule has 0 spiro atoms. The van der Waals surface area contributed by atoms with Gasteiger partial charge in [0.25, 0.3) is 5.91 Å². The van der Waals surface area contributed by atoms with Crippen molar-refractivity contribution in [1.82, 2.24) is 5.32 Å². The molecule has 1 amide bonds. The van der Waals surface area contributed by atoms with Crippen LogP contribution in [0.2, 0.25) is 0 Å². The first kappa shape index (κ1) is 31.2. The summed E-state index contributed by atoms with van der Waals surface area (Å²) >= 11 is 1.74. The highest BCUT2D eigenvalue weighted by Gasteiger charge is 2.66. The van der Waals surface area contributed by atoms with Crippen molar-refractivity contribution in [1.29, 1.82) is 0 Å². The minimum atomic E-state index is -1.14. The van der Waals surface area contributed by atoms with Crippen molar-refractivity contribution in [2.24, 2.45) is 17.8 Å². The summed E-state index contributed by atoms with van der Waals surface area (Å²) in [6.45, 7) is 6.68. The zero-order valence-electron chi connectivity index (χ0n) is 26.4. The number of esters is 1. The molecule has 1 N–H and O–H groups in total. The van der Waals surface area contributed by atoms with Crippen LogP contribution in [0.5, 0.6) is 0 Å². The summed E-state index contributed by atoms with van der Waals surface area (Å²) in [5.41, 5.74) is 2.77. The number of carbonyl (C=O) groups is 2. The van der Waals surface area contributed by atoms with Gasteiger partial charge in [-0.05, 0) is 65.8 Å². The molecule has 5 heteroatoms. The normalized spacial score (nSPS) is 24.5. The molecule has 45 heavy (non-hydrogen) atoms. The molecule has 2 aliphatic rings. The summed E-state index contributed by atoms with van der Waals surface area (Å²) in [6.07, 6.45) is 3.41. The molecule has 0 heterocycles. The van der Waals surface area contributed by atoms with Crippen LogP contribution in [0.25, 0.3) is 0 Å². The van der Waals surface area contributed by atoms with E-state index in [-0.39, 0.29) is 23.2 Å². The van der Waals surface area contributed by atoms with E-state index < -0.39 is 10.3 Å². The molecule has 0 saturated heterocycles. The number of benzene rings is 4. The summed E-state index contributed by atoms with van der Waals surface area (Å²) in [6, 6.07) is 40.6. The first-order valence-corrected chi connectivity index (χ1v) is 17.1. The van der Waals surface area contributed by atoms with Crippen LogP contribution in [0.15, 0.2) is 121 Å². The molecule has 0 radical (unpaired) electrons. The Hall–Kier alpha value is -3.83. The second-order valence-corrected chi connectivity index (χ2v) is 14.6. The highest BCUT2D eigenvalue weighted by Crippen LogP contribution is 2.59. The number of thioether (sulfide) groups is 1. The molecule has 2 saturated carbocycles. The van der Waals surface area contributed by atoms with Gasteiger partial charge < -0.3 is 10.1 Å². The van der Waals surface area contributed by atoms with Gasteiger partial charge in [-0.15, -0.1) is 11.8 Å². The first-order chi connectivity index (χ1) is 21.8. The number of carbonyl (C=O) groups excluding carboxylic acids is 2. The monoisotopic (exact) mass is 617 g/mol. The lowest BCUT2D eigenvalue weighted by Gasteiger charge is -2.38. The molecular weight excluding hydrogens is 575 g/mol. The molecule has 0 aromatic heterocycles. The standard InChI is InChI=1S/C40H43NO3S/c1-28(2)34-25-24-29(3)26-35(34)44-38(43)39(41-37(42)30-16-8-4-9-17-30)27-36(39)45-40(31-18-10-5-11-19-31,32-20-12-6-13-21-32)33-22-14-7-15-23-33/h4-23,28-29,34-36H,24-27H2,1-3H3,(H,41,42)/t29-,34+,35-,36+,39-/m0/s1. The smallest absolute Gasteiger partial charge is 0.333 e. The van der Waals surface area contributed by atoms with Gasteiger partial charge in [-0.25, -0.2) is 4.79 Å². The summed E-state index contributed by atoms with van der Waals surface area (Å²) < 4.78 is 5.88. The van der Waals surface area contributed by atoms with Gasteiger partial charge >= 0.3 is 5.97 Å². The maximum absolute atomic E-state index is 14.5. The van der Waals surface area contributed by atoms with Crippen LogP contribution in [0.3, 0.4) is 0 Å². The lowest BCUT2D eigenvalue weighted by Crippen LogP contribution is -2.49. The van der Waals surface area contributed by atoms with E-state index >= 15 is 0 Å². The fraction of sp³-hybridized carbons (Fsp3) is 0.350. The zero-order chi connectivity index (χ0) is 31.4. The number of amides is 1. The highest BCUT2D eigenvalue weighted by molar-refractivity contribution is 8.01. The number of ether oxygens (including phenoxy) is 1. The van der Waals surface area contributed by atoms with Gasteiger partial charge in [0.2, 0.25) is 0 Å². The summed E-state index contributed by atoms with van der Waals surface area (Å²) in [5, 5.41) is 3.01. The van der Waals surface area contributed by atoms with E-state index in [1.54, 1.807) is 23.9 Å². The number of hydrogen-bond donors (Lipinski definition) is 1. The van der Waals surface area contributed by atoms with Crippen LogP contribution in [0, 0.1) is 17.8 Å². The molecule has 2 aliphatic carbocycles. The predicted molar refractivity (Wildman–Crippen MR) is 183 cm³/mol. The Bertz CT molecular complexity index is 1480. The summed E-state index contributed by atoms with van der Waals surface area (Å²) in [4.78, 5) is 28.2. The fourth-order valence-electron chi connectivity index (χ4n) is 7.07. The molecule has 232 valence electrons. The van der Waals surface area contributed by atoms with Crippen molar-refractivity contribution in [2.45, 2.75) is 68.1 Å². The lowest BCUT2D eigenvalue weighted by molar-refractivity contribution is -0.159. The summed E-state index contributed by atoms with van der Waals surface area (Å²) in [5.74, 6) is 0.666. The average Bonchev–Trinajstić information content (AvgIpc) is 3.77. The summed E-state index contributed by atoms with van der Waals surface area (Å²) in [7, 11) is 0. The second kappa shape index (κ2) is 13.3. The molecule has 0 unspecified atom stereocenters. The van der Waals surface area contributed by atoms with Crippen molar-refractivity contribution >= 4 is 23.6 Å². The SMILES string of the molecule is CC(C)[C@H]1CC[C@H](C)C[C@@H]1OC(=O)[C@]1(NC(=O)c2ccccc2)C[C@H]1SC(c1ccccc1)(c1ccccc1)c1ccccc1. The van der Waals surface area contributed by atoms with Crippen LogP contribution >= 0.6 is 11.8 Å². The van der Waals surface area contributed by atoms with Gasteiger partial charge in [0, 0.05) is 10.8 Å². The van der Waals surface area contributed by atoms with E-state index in [9.17, 15) is 9.59 Å². The van der Waals surface area contributed by atoms with Gasteiger partial charge in [0.15, 0.2) is 5.54 Å². The third-order valence-electron chi connectivity index (χ3n) is 9.71. The van der Waals surface area contributed by atoms with Gasteiger partial charge in [-0.3, -0.25) is 4.79 Å². The van der Waals surface area contributed by atoms with Gasteiger partial charge in [0.05, 0.1) is 4.75 Å². The highest BCUT2D eigenvalue weighted by atomic mass is 32.2. The van der Waals surface area contributed by atoms with E-state index in [4.69, 9.17) is 4.74 Å². The molecule has 4 aromatic rings. The molecule has 4 nitrogen and oxygen atoms in total. The Balaban J connectivity index is 1.41. The van der Waals surface area contributed by atoms with Crippen LogP contribution in [-0.2, 0) is 14.3 Å². The fourth-order valence-corrected chi connectivity index (χ4v) is 9.01. The van der Waals surface area contributed by atoms with E-state index in [0.29, 0.717) is 29.7 Å². The molecule has 4 aromatic carbocycles. The first-order valence-electron chi connectivity index (χ1n) is 16.3. The third kappa shape index (κ3) is 6.33. The van der Waals surface area contributed by atoms with Crippen LogP contribution < -0.4 is 5.32 Å². The molecule has 6 rings (SSSR count). The molecule has 5 atom stereocenters. The van der Waals surface area contributed by atoms with Crippen LogP contribution in [-0.4, -0.2) is 28.8 Å². The Morgan fingerprint density at radius 2 is 1.27 bits per heavy atom. The molecule has 0 aliphatic heterocycles. The molecule has 2 fully saturated rings. The minimum Gasteiger partial charge on any atom is -0.460 e. The van der Waals surface area contributed by atoms with E-state index in [0.717, 1.165) is 36.0 Å².